The van der Waals surface area contributed by atoms with Crippen molar-refractivity contribution in [1.82, 2.24) is 19.6 Å². The number of benzene rings is 3. The van der Waals surface area contributed by atoms with Crippen LogP contribution in [0.2, 0.25) is 0 Å². The summed E-state index contributed by atoms with van der Waals surface area (Å²) in [4.78, 5) is 7.08. The van der Waals surface area contributed by atoms with Crippen LogP contribution in [0.1, 0.15) is 16.7 Å². The molecule has 6 aliphatic heterocycles. The summed E-state index contributed by atoms with van der Waals surface area (Å²) in [7, 11) is 4.96. The van der Waals surface area contributed by atoms with Crippen molar-refractivity contribution in [3.05, 3.63) is 89.5 Å². The van der Waals surface area contributed by atoms with Crippen LogP contribution in [-0.2, 0) is 76.1 Å². The lowest BCUT2D eigenvalue weighted by Gasteiger charge is -2.46. The molecular formula is C87H144N4O48. The minimum Gasteiger partial charge on any atom is -0.492 e. The van der Waals surface area contributed by atoms with E-state index in [9.17, 15) is 169 Å². The highest BCUT2D eigenvalue weighted by Gasteiger charge is 2.56. The van der Waals surface area contributed by atoms with E-state index in [1.54, 1.807) is 72.2 Å². The monoisotopic (exact) mass is 2010 g/mol. The second kappa shape index (κ2) is 56.9. The van der Waals surface area contributed by atoms with E-state index in [-0.39, 0.29) is 39.5 Å². The molecule has 6 heterocycles. The Morgan fingerprint density at radius 2 is 0.460 bits per heavy atom. The minimum atomic E-state index is -2.02. The normalized spacial score (nSPS) is 34.8. The summed E-state index contributed by atoms with van der Waals surface area (Å²) in [6, 6.07) is 21.7. The first kappa shape index (κ1) is 118. The molecule has 0 aromatic heterocycles. The number of aliphatic hydroxyl groups is 33. The lowest BCUT2D eigenvalue weighted by Crippen LogP contribution is -2.64. The van der Waals surface area contributed by atoms with Crippen molar-refractivity contribution < 1.29 is 240 Å². The minimum absolute atomic E-state index is 0.182. The summed E-state index contributed by atoms with van der Waals surface area (Å²) in [5.74, 6) is 1.62. The van der Waals surface area contributed by atoms with E-state index in [2.05, 4.69) is 4.90 Å². The van der Waals surface area contributed by atoms with Crippen molar-refractivity contribution in [2.45, 2.75) is 277 Å². The number of nitrogens with zero attached hydrogens (tertiary/aromatic N) is 4. The van der Waals surface area contributed by atoms with Gasteiger partial charge in [-0.2, -0.15) is 0 Å². The standard InChI is InChI=1S/C87H144N4O48/c1-88(28-46(98)58(104)61(107)49(101)37-128-82-76(122)70(116)79(55(34-95)134-82)137-85-73(119)67(113)64(110)52(31-92)131-85)19-16-40-4-10-43(11-5-40)125-25-22-91(23-26-126-44-12-6-41(7-13-44)17-20-89(2)29-47(99)59(105)62(108)50(102)38-129-83-77(123)71(117)80(56(35-96)135-83)138-86-74(120)68(114)65(111)53(32-93)132-86)24-27-127-45-14-8-42(9-15-45)18-21-90(3)30-48(100)60(106)63(109)51(103)39-130-84-78(124)72(118)81(57(36-97)136-84)139-87-75(121)69(115)66(112)54(33-94)133-87/h4-15,46-87,92-124H,16-39H2,1-3H3/t46-,47-,48-,49+,50+,51+,52+,53+,54+,55+,56+,57+,58+,59+,60+,61-,62-,63-,64-,65-,66-,67-,68-,69-,70+,71+,72+,73+,74+,75+,76+,77+,78+,79+,80+,81+,82+,83+,84+,85-,86-,87-/m0/s1. The van der Waals surface area contributed by atoms with Gasteiger partial charge in [0.2, 0.25) is 0 Å². The maximum Gasteiger partial charge on any atom is 0.187 e. The van der Waals surface area contributed by atoms with Crippen molar-refractivity contribution in [3.63, 3.8) is 0 Å². The van der Waals surface area contributed by atoms with Gasteiger partial charge in [0.15, 0.2) is 37.7 Å². The van der Waals surface area contributed by atoms with E-state index in [1.807, 2.05) is 36.4 Å². The Kier molecular flexibility index (Phi) is 48.1. The van der Waals surface area contributed by atoms with E-state index in [0.717, 1.165) is 16.7 Å². The van der Waals surface area contributed by atoms with Gasteiger partial charge in [-0.25, -0.2) is 0 Å². The van der Waals surface area contributed by atoms with Gasteiger partial charge >= 0.3 is 0 Å². The first-order chi connectivity index (χ1) is 66.1. The fourth-order valence-corrected chi connectivity index (χ4v) is 16.3. The van der Waals surface area contributed by atoms with Crippen LogP contribution >= 0.6 is 0 Å². The van der Waals surface area contributed by atoms with Gasteiger partial charge in [-0.05, 0) is 93.5 Å². The van der Waals surface area contributed by atoms with E-state index in [4.69, 9.17) is 71.1 Å². The van der Waals surface area contributed by atoms with Crippen molar-refractivity contribution in [1.29, 1.82) is 0 Å². The van der Waals surface area contributed by atoms with Crippen molar-refractivity contribution >= 4 is 0 Å². The summed E-state index contributed by atoms with van der Waals surface area (Å²) in [6.45, 7) is -5.22. The van der Waals surface area contributed by atoms with Crippen LogP contribution in [0, 0.1) is 0 Å². The van der Waals surface area contributed by atoms with E-state index < -0.39 is 317 Å². The van der Waals surface area contributed by atoms with Crippen LogP contribution in [0.15, 0.2) is 72.8 Å². The molecule has 42 atom stereocenters. The molecule has 0 aliphatic carbocycles. The predicted octanol–water partition coefficient (Wildman–Crippen LogP) is -17.8. The van der Waals surface area contributed by atoms with Gasteiger partial charge in [-0.3, -0.25) is 4.90 Å². The van der Waals surface area contributed by atoms with Gasteiger partial charge in [0.1, 0.15) is 239 Å². The van der Waals surface area contributed by atoms with Crippen LogP contribution in [0.25, 0.3) is 0 Å². The van der Waals surface area contributed by atoms with Crippen LogP contribution in [0.5, 0.6) is 17.2 Å². The zero-order valence-corrected chi connectivity index (χ0v) is 76.8. The van der Waals surface area contributed by atoms with E-state index >= 15 is 0 Å². The van der Waals surface area contributed by atoms with Gasteiger partial charge in [0.05, 0.1) is 77.8 Å². The number of likely N-dealkylation sites (N-methyl/N-ethyl adjacent to an activating group) is 3. The largest absolute Gasteiger partial charge is 0.492 e. The first-order valence-corrected chi connectivity index (χ1v) is 45.8. The second-order valence-electron chi connectivity index (χ2n) is 35.7. The molecule has 0 spiro atoms. The maximum atomic E-state index is 11.0. The molecule has 0 amide bonds. The molecule has 52 heteroatoms. The molecule has 0 unspecified atom stereocenters. The number of ether oxygens (including phenoxy) is 15. The zero-order chi connectivity index (χ0) is 102. The highest BCUT2D eigenvalue weighted by atomic mass is 16.8. The summed E-state index contributed by atoms with van der Waals surface area (Å²) >= 11 is 0. The van der Waals surface area contributed by atoms with Gasteiger partial charge in [0.25, 0.3) is 0 Å². The summed E-state index contributed by atoms with van der Waals surface area (Å²) < 4.78 is 84.0. The Labute approximate surface area is 799 Å². The average molecular weight is 2010 g/mol. The van der Waals surface area contributed by atoms with Crippen molar-refractivity contribution in [2.24, 2.45) is 0 Å². The van der Waals surface area contributed by atoms with Gasteiger partial charge in [-0.1, -0.05) is 36.4 Å². The summed E-state index contributed by atoms with van der Waals surface area (Å²) in [5, 5.41) is 347. The van der Waals surface area contributed by atoms with Crippen LogP contribution < -0.4 is 14.2 Å². The number of rotatable bonds is 57. The molecule has 6 aliphatic rings. The number of hydrogen-bond acceptors (Lipinski definition) is 52. The predicted molar refractivity (Wildman–Crippen MR) is 465 cm³/mol. The summed E-state index contributed by atoms with van der Waals surface area (Å²) in [5.41, 5.74) is 2.60. The Morgan fingerprint density at radius 1 is 0.252 bits per heavy atom. The van der Waals surface area contributed by atoms with Crippen molar-refractivity contribution in [3.8, 4) is 17.2 Å². The zero-order valence-electron chi connectivity index (χ0n) is 76.8. The molecule has 6 fully saturated rings. The fourth-order valence-electron chi connectivity index (χ4n) is 16.3. The molecule has 3 aromatic carbocycles. The van der Waals surface area contributed by atoms with Crippen LogP contribution in [0.3, 0.4) is 0 Å². The Morgan fingerprint density at radius 3 is 0.683 bits per heavy atom. The molecular weight excluding hydrogens is 1870 g/mol. The Hall–Kier alpha value is -4.90. The second-order valence-corrected chi connectivity index (χ2v) is 35.7. The maximum absolute atomic E-state index is 11.0. The van der Waals surface area contributed by atoms with Crippen LogP contribution in [-0.4, -0.2) is 605 Å². The molecule has 33 N–H and O–H groups in total. The smallest absolute Gasteiger partial charge is 0.187 e. The molecule has 139 heavy (non-hydrogen) atoms. The third-order valence-corrected chi connectivity index (χ3v) is 25.2. The van der Waals surface area contributed by atoms with E-state index in [1.165, 1.54) is 0 Å². The van der Waals surface area contributed by atoms with Gasteiger partial charge in [0, 0.05) is 58.9 Å². The highest BCUT2D eigenvalue weighted by molar-refractivity contribution is 5.30. The molecule has 0 saturated carbocycles. The Balaban J connectivity index is 0.714. The third kappa shape index (κ3) is 32.6. The third-order valence-electron chi connectivity index (χ3n) is 25.2. The molecule has 0 bridgehead atoms. The topological polar surface area (TPSA) is 819 Å². The highest BCUT2D eigenvalue weighted by Crippen LogP contribution is 2.35. The molecule has 0 radical (unpaired) electrons. The molecule has 52 nitrogen and oxygen atoms in total. The average Bonchev–Trinajstić information content (AvgIpc) is 0.790. The number of aliphatic hydroxyl groups excluding tert-OH is 33. The molecule has 6 saturated heterocycles. The Bertz CT molecular complexity index is 3490. The lowest BCUT2D eigenvalue weighted by molar-refractivity contribution is -0.360. The number of hydrogen-bond donors (Lipinski definition) is 33. The summed E-state index contributed by atoms with van der Waals surface area (Å²) in [6.07, 6.45) is -73.5. The fraction of sp³-hybridized carbons (Fsp3) is 0.793. The molecule has 9 rings (SSSR count). The lowest BCUT2D eigenvalue weighted by atomic mass is 9.97. The van der Waals surface area contributed by atoms with Gasteiger partial charge in [-0.15, -0.1) is 0 Å². The van der Waals surface area contributed by atoms with Crippen molar-refractivity contribution in [2.75, 3.05) is 159 Å². The van der Waals surface area contributed by atoms with Gasteiger partial charge < -0.3 is 254 Å². The quantitative estimate of drug-likeness (QED) is 0.0249. The molecule has 3 aromatic rings. The first-order valence-electron chi connectivity index (χ1n) is 45.8. The van der Waals surface area contributed by atoms with Crippen LogP contribution in [0.4, 0.5) is 0 Å². The molecule has 800 valence electrons. The van der Waals surface area contributed by atoms with E-state index in [0.29, 0.717) is 75.8 Å². The SMILES string of the molecule is CN(CCc1ccc(OCCN(CCOc2ccc(CCN(C)C[C@H](O)[C@@H](O)[C@@H](O)[C@H](O)CO[C@@H]3O[C@H](CO)[C@@H](O[C@@H]4O[C@H](CO)[C@H](O)[C@H](O)[C@H]4O)[C@H](O)[C@H]3O)cc2)CCOc2ccc(CCN(C)C[C@H](O)[C@@H](O)[C@@H](O)[C@H](O)CO[C@@H]3O[C@H](CO)[C@@H](O[C@@H]4O[C@H](CO)[C@H](O)[C@H](O)[C@H]4O)[C@H](O)[C@H]3O)cc2)cc1)C[C@H](O)[C@@H](O)[C@@H](O)[C@H](O)CO[C@@H]1O[C@H](CO)[C@@H](O[C@@H]2O[C@H](CO)[C@H](O)[C@H](O)[C@H]2O)[C@H](O)[C@H]1O.